The molecule has 29 heavy (non-hydrogen) atoms. The molecular formula is C19H27N5O5. The molecule has 0 amide bonds. The zero-order chi connectivity index (χ0) is 21.1. The van der Waals surface area contributed by atoms with Crippen LogP contribution in [0.3, 0.4) is 0 Å². The largest absolute Gasteiger partial charge is 0.478 e. The molecule has 3 N–H and O–H groups in total. The summed E-state index contributed by atoms with van der Waals surface area (Å²) in [6, 6.07) is 3.97. The number of ether oxygens (including phenoxy) is 1. The van der Waals surface area contributed by atoms with Gasteiger partial charge in [-0.25, -0.2) is 19.6 Å². The maximum atomic E-state index is 9.55. The third kappa shape index (κ3) is 7.60. The molecule has 10 heteroatoms. The number of piperazine rings is 1. The van der Waals surface area contributed by atoms with E-state index in [4.69, 9.17) is 19.9 Å². The van der Waals surface area contributed by atoms with Crippen LogP contribution in [0.5, 0.6) is 0 Å². The number of aromatic nitrogens is 3. The number of hydrogen-bond acceptors (Lipinski definition) is 7. The zero-order valence-corrected chi connectivity index (χ0v) is 16.5. The van der Waals surface area contributed by atoms with Crippen LogP contribution in [0.2, 0.25) is 0 Å². The summed E-state index contributed by atoms with van der Waals surface area (Å²) < 4.78 is 7.70. The van der Waals surface area contributed by atoms with Crippen molar-refractivity contribution < 1.29 is 24.5 Å². The monoisotopic (exact) mass is 405 g/mol. The highest BCUT2D eigenvalue weighted by atomic mass is 16.5. The van der Waals surface area contributed by atoms with Gasteiger partial charge in [0.15, 0.2) is 5.65 Å². The highest BCUT2D eigenvalue weighted by Gasteiger charge is 2.16. The minimum absolute atomic E-state index is 0.558. The Kier molecular flexibility index (Phi) is 9.22. The molecule has 3 heterocycles. The van der Waals surface area contributed by atoms with Crippen LogP contribution in [0.1, 0.15) is 12.7 Å². The van der Waals surface area contributed by atoms with Crippen LogP contribution in [0.4, 0.5) is 0 Å². The van der Waals surface area contributed by atoms with Crippen LogP contribution in [0, 0.1) is 0 Å². The van der Waals surface area contributed by atoms with Crippen molar-refractivity contribution in [1.82, 2.24) is 24.8 Å². The summed E-state index contributed by atoms with van der Waals surface area (Å²) in [5.41, 5.74) is 1.93. The molecule has 0 bridgehead atoms. The number of fused-ring (bicyclic) bond motifs is 1. The van der Waals surface area contributed by atoms with Gasteiger partial charge in [-0.1, -0.05) is 0 Å². The number of carboxylic acids is 2. The van der Waals surface area contributed by atoms with Crippen molar-refractivity contribution in [2.75, 3.05) is 39.4 Å². The maximum Gasteiger partial charge on any atom is 0.328 e. The number of hydrogen-bond donors (Lipinski definition) is 3. The number of carbonyl (C=O) groups is 2. The molecule has 0 unspecified atom stereocenters. The fraction of sp³-hybridized carbons (Fsp3) is 0.474. The van der Waals surface area contributed by atoms with E-state index in [1.165, 1.54) is 0 Å². The lowest BCUT2D eigenvalue weighted by atomic mass is 10.3. The topological polar surface area (TPSA) is 130 Å². The van der Waals surface area contributed by atoms with E-state index in [-0.39, 0.29) is 0 Å². The summed E-state index contributed by atoms with van der Waals surface area (Å²) >= 11 is 0. The van der Waals surface area contributed by atoms with Crippen LogP contribution in [-0.2, 0) is 27.4 Å². The van der Waals surface area contributed by atoms with Crippen LogP contribution >= 0.6 is 0 Å². The Balaban J connectivity index is 0.000000321. The molecule has 1 fully saturated rings. The Hall–Kier alpha value is -2.82. The summed E-state index contributed by atoms with van der Waals surface area (Å²) in [6.07, 6.45) is 2.94. The van der Waals surface area contributed by atoms with Crippen molar-refractivity contribution in [2.24, 2.45) is 0 Å². The van der Waals surface area contributed by atoms with E-state index < -0.39 is 11.9 Å². The van der Waals surface area contributed by atoms with Gasteiger partial charge in [-0.05, 0) is 19.1 Å². The molecule has 0 radical (unpaired) electrons. The Bertz CT molecular complexity index is 814. The van der Waals surface area contributed by atoms with Crippen molar-refractivity contribution in [3.63, 3.8) is 0 Å². The molecule has 158 valence electrons. The van der Waals surface area contributed by atoms with E-state index in [1.807, 2.05) is 25.3 Å². The third-order valence-corrected chi connectivity index (χ3v) is 4.19. The number of rotatable bonds is 8. The van der Waals surface area contributed by atoms with Gasteiger partial charge in [0, 0.05) is 57.7 Å². The van der Waals surface area contributed by atoms with Gasteiger partial charge in [0.2, 0.25) is 0 Å². The van der Waals surface area contributed by atoms with Crippen molar-refractivity contribution in [3.05, 3.63) is 36.3 Å². The summed E-state index contributed by atoms with van der Waals surface area (Å²) in [6.45, 7) is 9.40. The minimum Gasteiger partial charge on any atom is -0.478 e. The predicted octanol–water partition coefficient (Wildman–Crippen LogP) is 0.585. The molecule has 0 atom stereocenters. The Morgan fingerprint density at radius 2 is 1.93 bits per heavy atom. The van der Waals surface area contributed by atoms with Gasteiger partial charge in [-0.15, -0.1) is 0 Å². The fourth-order valence-electron chi connectivity index (χ4n) is 2.87. The minimum atomic E-state index is -1.26. The predicted molar refractivity (Wildman–Crippen MR) is 107 cm³/mol. The number of imidazole rings is 1. The van der Waals surface area contributed by atoms with Gasteiger partial charge in [0.25, 0.3) is 0 Å². The normalized spacial score (nSPS) is 14.7. The second-order valence-electron chi connectivity index (χ2n) is 6.26. The summed E-state index contributed by atoms with van der Waals surface area (Å²) in [7, 11) is 0. The molecule has 3 rings (SSSR count). The van der Waals surface area contributed by atoms with Crippen LogP contribution in [0.15, 0.2) is 30.5 Å². The number of nitrogens with zero attached hydrogens (tertiary/aromatic N) is 4. The van der Waals surface area contributed by atoms with Gasteiger partial charge in [-0.3, -0.25) is 4.90 Å². The van der Waals surface area contributed by atoms with Gasteiger partial charge < -0.3 is 24.8 Å². The van der Waals surface area contributed by atoms with E-state index in [0.29, 0.717) is 18.8 Å². The molecule has 0 aromatic carbocycles. The summed E-state index contributed by atoms with van der Waals surface area (Å²) in [5, 5.41) is 19.0. The van der Waals surface area contributed by atoms with Gasteiger partial charge in [-0.2, -0.15) is 0 Å². The second kappa shape index (κ2) is 11.9. The van der Waals surface area contributed by atoms with Crippen molar-refractivity contribution in [1.29, 1.82) is 0 Å². The van der Waals surface area contributed by atoms with Crippen LogP contribution in [-0.4, -0.2) is 81.0 Å². The molecule has 1 aliphatic rings. The van der Waals surface area contributed by atoms with Crippen molar-refractivity contribution in [3.8, 4) is 0 Å². The molecule has 2 aromatic heterocycles. The van der Waals surface area contributed by atoms with E-state index in [9.17, 15) is 9.59 Å². The van der Waals surface area contributed by atoms with E-state index in [2.05, 4.69) is 19.8 Å². The Morgan fingerprint density at radius 3 is 2.55 bits per heavy atom. The standard InChI is InChI=1S/C15H23N5O.C4H4O4/c1-2-21-11-10-20-14(12-19-8-6-16-7-9-19)18-13-4-3-5-17-15(13)20;5-3(6)1-2-4(7)8/h3-5,16H,2,6-12H2,1H3;1-2H,(H,5,6)(H,7,8). The van der Waals surface area contributed by atoms with Gasteiger partial charge in [0.1, 0.15) is 11.3 Å². The molecule has 10 nitrogen and oxygen atoms in total. The highest BCUT2D eigenvalue weighted by Crippen LogP contribution is 2.15. The highest BCUT2D eigenvalue weighted by molar-refractivity contribution is 5.89. The fourth-order valence-corrected chi connectivity index (χ4v) is 2.87. The van der Waals surface area contributed by atoms with Crippen LogP contribution < -0.4 is 5.32 Å². The van der Waals surface area contributed by atoms with Crippen LogP contribution in [0.25, 0.3) is 11.2 Å². The first kappa shape index (κ1) is 22.5. The lowest BCUT2D eigenvalue weighted by Gasteiger charge is -2.26. The molecular weight excluding hydrogens is 378 g/mol. The molecule has 0 aliphatic carbocycles. The molecule has 1 saturated heterocycles. The maximum absolute atomic E-state index is 9.55. The first-order valence-electron chi connectivity index (χ1n) is 9.46. The molecule has 2 aromatic rings. The number of pyridine rings is 1. The lowest BCUT2D eigenvalue weighted by molar-refractivity contribution is -0.134. The average molecular weight is 405 g/mol. The van der Waals surface area contributed by atoms with E-state index in [1.54, 1.807) is 0 Å². The number of carboxylic acid groups (broad SMARTS) is 2. The number of aliphatic carboxylic acids is 2. The smallest absolute Gasteiger partial charge is 0.328 e. The third-order valence-electron chi connectivity index (χ3n) is 4.19. The SMILES string of the molecule is CCOCCn1c(CN2CCNCC2)nc2cccnc21.O=C(O)C=CC(=O)O. The first-order valence-corrected chi connectivity index (χ1v) is 9.46. The second-order valence-corrected chi connectivity index (χ2v) is 6.26. The summed E-state index contributed by atoms with van der Waals surface area (Å²) in [5.74, 6) is -1.43. The Labute approximate surface area is 168 Å². The Morgan fingerprint density at radius 1 is 1.24 bits per heavy atom. The lowest BCUT2D eigenvalue weighted by Crippen LogP contribution is -2.43. The first-order chi connectivity index (χ1) is 14.0. The number of nitrogens with one attached hydrogen (secondary N) is 1. The zero-order valence-electron chi connectivity index (χ0n) is 16.5. The molecule has 0 spiro atoms. The average Bonchev–Trinajstić information content (AvgIpc) is 3.05. The van der Waals surface area contributed by atoms with E-state index in [0.717, 1.165) is 62.9 Å². The van der Waals surface area contributed by atoms with E-state index >= 15 is 0 Å². The summed E-state index contributed by atoms with van der Waals surface area (Å²) in [4.78, 5) is 30.8. The van der Waals surface area contributed by atoms with Crippen molar-refractivity contribution >= 4 is 23.1 Å². The molecule has 0 saturated carbocycles. The van der Waals surface area contributed by atoms with Gasteiger partial charge >= 0.3 is 11.9 Å². The molecule has 1 aliphatic heterocycles. The van der Waals surface area contributed by atoms with Crippen molar-refractivity contribution in [2.45, 2.75) is 20.0 Å². The van der Waals surface area contributed by atoms with Gasteiger partial charge in [0.05, 0.1) is 13.2 Å². The quantitative estimate of drug-likeness (QED) is 0.426.